The van der Waals surface area contributed by atoms with Crippen molar-refractivity contribution in [3.05, 3.63) is 35.5 Å². The van der Waals surface area contributed by atoms with Crippen molar-refractivity contribution >= 4 is 39.7 Å². The van der Waals surface area contributed by atoms with E-state index in [-0.39, 0.29) is 23.2 Å². The van der Waals surface area contributed by atoms with Crippen molar-refractivity contribution in [2.45, 2.75) is 26.0 Å². The number of carbonyl (C=O) groups excluding carboxylic acids is 3. The summed E-state index contributed by atoms with van der Waals surface area (Å²) in [6.07, 6.45) is -0.283. The molecule has 0 fully saturated rings. The highest BCUT2D eigenvalue weighted by Crippen LogP contribution is 2.29. The Labute approximate surface area is 125 Å². The molecule has 0 bridgehead atoms. The summed E-state index contributed by atoms with van der Waals surface area (Å²) in [6, 6.07) is 7.10. The van der Waals surface area contributed by atoms with Gasteiger partial charge in [-0.15, -0.1) is 0 Å². The van der Waals surface area contributed by atoms with E-state index in [9.17, 15) is 19.5 Å². The molecule has 0 saturated carbocycles. The molecule has 1 heterocycles. The fourth-order valence-electron chi connectivity index (χ4n) is 2.38. The summed E-state index contributed by atoms with van der Waals surface area (Å²) in [6.45, 7) is 2.85. The Morgan fingerprint density at radius 3 is 2.43 bits per heavy atom. The standard InChI is InChI=1S/C15H15NO4S/c1-9(17)16-13-6-4-3-5-11(13)12(7-15(19)20)14(16)8-21-10(2)18/h3-6H,7-8H2,1-2H3,(H,19,20)/p-1. The number of nitrogens with zero attached hydrogens (tertiary/aromatic N) is 1. The second-order valence-corrected chi connectivity index (χ2v) is 5.78. The van der Waals surface area contributed by atoms with Gasteiger partial charge in [0, 0.05) is 43.1 Å². The van der Waals surface area contributed by atoms with Crippen LogP contribution in [0.2, 0.25) is 0 Å². The first kappa shape index (κ1) is 15.3. The second-order valence-electron chi connectivity index (χ2n) is 4.63. The van der Waals surface area contributed by atoms with E-state index in [1.165, 1.54) is 18.4 Å². The normalized spacial score (nSPS) is 10.8. The summed E-state index contributed by atoms with van der Waals surface area (Å²) < 4.78 is 1.48. The van der Waals surface area contributed by atoms with Gasteiger partial charge in [-0.2, -0.15) is 0 Å². The van der Waals surface area contributed by atoms with E-state index < -0.39 is 5.97 Å². The molecule has 0 spiro atoms. The van der Waals surface area contributed by atoms with Gasteiger partial charge in [0.25, 0.3) is 0 Å². The highest BCUT2D eigenvalue weighted by atomic mass is 32.2. The van der Waals surface area contributed by atoms with Crippen molar-refractivity contribution in [3.8, 4) is 0 Å². The van der Waals surface area contributed by atoms with E-state index >= 15 is 0 Å². The Hall–Kier alpha value is -2.08. The van der Waals surface area contributed by atoms with Gasteiger partial charge in [0.2, 0.25) is 5.91 Å². The summed E-state index contributed by atoms with van der Waals surface area (Å²) in [7, 11) is 0. The first-order valence-corrected chi connectivity index (χ1v) is 7.35. The topological polar surface area (TPSA) is 79.2 Å². The van der Waals surface area contributed by atoms with Crippen LogP contribution in [-0.4, -0.2) is 21.6 Å². The lowest BCUT2D eigenvalue weighted by Crippen LogP contribution is -2.25. The van der Waals surface area contributed by atoms with Crippen LogP contribution in [0.25, 0.3) is 10.9 Å². The molecule has 1 aromatic heterocycles. The monoisotopic (exact) mass is 304 g/mol. The third-order valence-corrected chi connectivity index (χ3v) is 3.96. The molecule has 2 aromatic rings. The number of thioether (sulfide) groups is 1. The number of carbonyl (C=O) groups is 3. The number of aliphatic carboxylic acids is 1. The summed E-state index contributed by atoms with van der Waals surface area (Å²) in [5, 5.41) is 11.6. The average Bonchev–Trinajstić information content (AvgIpc) is 2.70. The third kappa shape index (κ3) is 3.16. The van der Waals surface area contributed by atoms with Crippen molar-refractivity contribution in [3.63, 3.8) is 0 Å². The van der Waals surface area contributed by atoms with Crippen LogP contribution in [-0.2, 0) is 21.8 Å². The highest BCUT2D eigenvalue weighted by molar-refractivity contribution is 8.12. The van der Waals surface area contributed by atoms with E-state index in [1.54, 1.807) is 24.3 Å². The number of hydrogen-bond acceptors (Lipinski definition) is 5. The predicted octanol–water partition coefficient (Wildman–Crippen LogP) is 1.37. The molecule has 5 nitrogen and oxygen atoms in total. The molecule has 6 heteroatoms. The number of rotatable bonds is 4. The zero-order chi connectivity index (χ0) is 15.6. The first-order valence-electron chi connectivity index (χ1n) is 6.37. The highest BCUT2D eigenvalue weighted by Gasteiger charge is 2.19. The van der Waals surface area contributed by atoms with Crippen LogP contribution in [0.5, 0.6) is 0 Å². The van der Waals surface area contributed by atoms with E-state index in [0.717, 1.165) is 11.8 Å². The van der Waals surface area contributed by atoms with E-state index in [4.69, 9.17) is 0 Å². The number of benzene rings is 1. The van der Waals surface area contributed by atoms with Crippen molar-refractivity contribution in [1.82, 2.24) is 4.57 Å². The second kappa shape index (κ2) is 6.13. The van der Waals surface area contributed by atoms with E-state index in [2.05, 4.69) is 0 Å². The maximum Gasteiger partial charge on any atom is 0.228 e. The van der Waals surface area contributed by atoms with Crippen LogP contribution in [0, 0.1) is 0 Å². The Bertz CT molecular complexity index is 733. The zero-order valence-corrected chi connectivity index (χ0v) is 12.5. The first-order chi connectivity index (χ1) is 9.91. The largest absolute Gasteiger partial charge is 0.550 e. The molecule has 21 heavy (non-hydrogen) atoms. The fourth-order valence-corrected chi connectivity index (χ4v) is 3.03. The lowest BCUT2D eigenvalue weighted by molar-refractivity contribution is -0.304. The van der Waals surface area contributed by atoms with Gasteiger partial charge in [0.1, 0.15) is 0 Å². The molecule has 0 aliphatic carbocycles. The van der Waals surface area contributed by atoms with Gasteiger partial charge in [-0.25, -0.2) is 0 Å². The molecule has 0 aliphatic rings. The summed E-state index contributed by atoms with van der Waals surface area (Å²) in [4.78, 5) is 34.1. The maximum absolute atomic E-state index is 11.9. The Morgan fingerprint density at radius 1 is 1.19 bits per heavy atom. The van der Waals surface area contributed by atoms with Gasteiger partial charge >= 0.3 is 0 Å². The summed E-state index contributed by atoms with van der Waals surface area (Å²) >= 11 is 1.05. The number of hydrogen-bond donors (Lipinski definition) is 0. The van der Waals surface area contributed by atoms with Gasteiger partial charge in [-0.1, -0.05) is 30.0 Å². The molecule has 0 saturated heterocycles. The van der Waals surface area contributed by atoms with E-state index in [1.807, 2.05) is 0 Å². The van der Waals surface area contributed by atoms with Gasteiger partial charge in [-0.3, -0.25) is 14.2 Å². The minimum atomic E-state index is -1.21. The Kier molecular flexibility index (Phi) is 4.47. The Morgan fingerprint density at radius 2 is 1.86 bits per heavy atom. The number of carboxylic acids is 1. The molecule has 0 atom stereocenters. The quantitative estimate of drug-likeness (QED) is 0.852. The molecule has 0 aliphatic heterocycles. The molecular weight excluding hydrogens is 290 g/mol. The summed E-state index contributed by atoms with van der Waals surface area (Å²) in [5.74, 6) is -1.17. The van der Waals surface area contributed by atoms with Crippen molar-refractivity contribution in [2.24, 2.45) is 0 Å². The molecule has 0 N–H and O–H groups in total. The fraction of sp³-hybridized carbons (Fsp3) is 0.267. The SMILES string of the molecule is CC(=O)SCc1c(CC(=O)[O-])c2ccccc2n1C(C)=O. The van der Waals surface area contributed by atoms with Crippen LogP contribution in [0.3, 0.4) is 0 Å². The van der Waals surface area contributed by atoms with Crippen LogP contribution in [0.1, 0.15) is 29.9 Å². The third-order valence-electron chi connectivity index (χ3n) is 3.14. The minimum Gasteiger partial charge on any atom is -0.550 e. The molecular formula is C15H14NO4S-. The molecule has 0 amide bonds. The molecule has 1 aromatic carbocycles. The number of fused-ring (bicyclic) bond motifs is 1. The van der Waals surface area contributed by atoms with Crippen molar-refractivity contribution in [1.29, 1.82) is 0 Å². The number of aromatic nitrogens is 1. The average molecular weight is 304 g/mol. The lowest BCUT2D eigenvalue weighted by Gasteiger charge is -2.08. The Balaban J connectivity index is 2.69. The van der Waals surface area contributed by atoms with Crippen molar-refractivity contribution in [2.75, 3.05) is 0 Å². The number of para-hydroxylation sites is 1. The van der Waals surface area contributed by atoms with Crippen LogP contribution in [0.15, 0.2) is 24.3 Å². The minimum absolute atomic E-state index is 0.0882. The van der Waals surface area contributed by atoms with Crippen LogP contribution in [0.4, 0.5) is 0 Å². The molecule has 0 unspecified atom stereocenters. The van der Waals surface area contributed by atoms with Gasteiger partial charge in [0.05, 0.1) is 5.52 Å². The smallest absolute Gasteiger partial charge is 0.228 e. The van der Waals surface area contributed by atoms with Crippen LogP contribution < -0.4 is 5.11 Å². The predicted molar refractivity (Wildman–Crippen MR) is 78.9 cm³/mol. The molecule has 110 valence electrons. The zero-order valence-electron chi connectivity index (χ0n) is 11.7. The van der Waals surface area contributed by atoms with Crippen molar-refractivity contribution < 1.29 is 19.5 Å². The molecule has 2 rings (SSSR count). The van der Waals surface area contributed by atoms with Gasteiger partial charge in [-0.05, 0) is 11.6 Å². The van der Waals surface area contributed by atoms with E-state index in [0.29, 0.717) is 22.2 Å². The lowest BCUT2D eigenvalue weighted by atomic mass is 10.1. The number of carboxylic acid groups (broad SMARTS) is 1. The molecule has 0 radical (unpaired) electrons. The maximum atomic E-state index is 11.9. The summed E-state index contributed by atoms with van der Waals surface area (Å²) in [5.41, 5.74) is 1.74. The van der Waals surface area contributed by atoms with Gasteiger partial charge in [0.15, 0.2) is 5.12 Å². The van der Waals surface area contributed by atoms with Crippen LogP contribution >= 0.6 is 11.8 Å². The van der Waals surface area contributed by atoms with Gasteiger partial charge < -0.3 is 9.90 Å².